The highest BCUT2D eigenvalue weighted by Gasteiger charge is 2.15. The number of thioether (sulfide) groups is 1. The van der Waals surface area contributed by atoms with E-state index < -0.39 is 0 Å². The molecule has 0 heterocycles. The number of hydrogen-bond acceptors (Lipinski definition) is 4. The summed E-state index contributed by atoms with van der Waals surface area (Å²) in [5.41, 5.74) is -0.386. The second-order valence-electron chi connectivity index (χ2n) is 4.07. The van der Waals surface area contributed by atoms with Crippen molar-refractivity contribution in [3.05, 3.63) is 0 Å². The van der Waals surface area contributed by atoms with Crippen LogP contribution < -0.4 is 0 Å². The normalized spacial score (nSPS) is 11.4. The van der Waals surface area contributed by atoms with E-state index in [1.54, 1.807) is 11.8 Å². The van der Waals surface area contributed by atoms with Gasteiger partial charge < -0.3 is 9.84 Å². The molecule has 0 aliphatic rings. The highest BCUT2D eigenvalue weighted by Crippen LogP contribution is 2.10. The Labute approximate surface area is 90.2 Å². The summed E-state index contributed by atoms with van der Waals surface area (Å²) in [5.74, 6) is 1.15. The number of hydrogen-bond donors (Lipinski definition) is 1. The molecule has 0 amide bonds. The molecule has 1 N–H and O–H groups in total. The molecule has 0 rings (SSSR count). The Bertz CT molecular complexity index is 163. The molecule has 0 saturated heterocycles. The van der Waals surface area contributed by atoms with E-state index >= 15 is 0 Å². The first kappa shape index (κ1) is 13.8. The second-order valence-corrected chi connectivity index (χ2v) is 5.17. The summed E-state index contributed by atoms with van der Waals surface area (Å²) in [6.45, 7) is 5.82. The highest BCUT2D eigenvalue weighted by molar-refractivity contribution is 7.99. The van der Waals surface area contributed by atoms with Crippen LogP contribution in [0.15, 0.2) is 0 Å². The summed E-state index contributed by atoms with van der Waals surface area (Å²) in [7, 11) is 0. The van der Waals surface area contributed by atoms with Gasteiger partial charge in [0.1, 0.15) is 5.60 Å². The molecule has 0 aliphatic carbocycles. The zero-order valence-corrected chi connectivity index (χ0v) is 10.0. The Hall–Kier alpha value is -0.220. The minimum absolute atomic E-state index is 0.161. The molecule has 0 saturated carbocycles. The average molecular weight is 220 g/mol. The third-order valence-corrected chi connectivity index (χ3v) is 2.35. The van der Waals surface area contributed by atoms with Crippen molar-refractivity contribution in [3.8, 4) is 0 Å². The van der Waals surface area contributed by atoms with Gasteiger partial charge in [0, 0.05) is 6.61 Å². The molecule has 0 aromatic carbocycles. The quantitative estimate of drug-likeness (QED) is 0.548. The van der Waals surface area contributed by atoms with Crippen LogP contribution in [-0.2, 0) is 9.53 Å². The van der Waals surface area contributed by atoms with Gasteiger partial charge in [-0.3, -0.25) is 4.79 Å². The fourth-order valence-corrected chi connectivity index (χ4v) is 1.62. The van der Waals surface area contributed by atoms with Crippen LogP contribution in [0.4, 0.5) is 0 Å². The van der Waals surface area contributed by atoms with Gasteiger partial charge in [0.25, 0.3) is 0 Å². The Morgan fingerprint density at radius 3 is 2.50 bits per heavy atom. The van der Waals surface area contributed by atoms with Crippen molar-refractivity contribution in [1.82, 2.24) is 0 Å². The van der Waals surface area contributed by atoms with Crippen LogP contribution in [0.1, 0.15) is 33.6 Å². The third kappa shape index (κ3) is 9.86. The maximum absolute atomic E-state index is 11.2. The molecule has 0 aromatic rings. The predicted octanol–water partition coefficient (Wildman–Crippen LogP) is 1.83. The number of ether oxygens (including phenoxy) is 1. The van der Waals surface area contributed by atoms with Gasteiger partial charge in [0.15, 0.2) is 0 Å². The lowest BCUT2D eigenvalue weighted by Gasteiger charge is -2.19. The number of aliphatic hydroxyl groups excluding tert-OH is 1. The van der Waals surface area contributed by atoms with Gasteiger partial charge in [-0.1, -0.05) is 0 Å². The van der Waals surface area contributed by atoms with Crippen LogP contribution in [0, 0.1) is 0 Å². The summed E-state index contributed by atoms with van der Waals surface area (Å²) in [6, 6.07) is 0. The van der Waals surface area contributed by atoms with E-state index in [2.05, 4.69) is 0 Å². The number of carbonyl (C=O) groups is 1. The molecular weight excluding hydrogens is 200 g/mol. The smallest absolute Gasteiger partial charge is 0.316 e. The lowest BCUT2D eigenvalue weighted by molar-refractivity contribution is -0.151. The second kappa shape index (κ2) is 7.12. The fourth-order valence-electron chi connectivity index (χ4n) is 0.842. The summed E-state index contributed by atoms with van der Waals surface area (Å²) in [5, 5.41) is 8.53. The van der Waals surface area contributed by atoms with E-state index in [-0.39, 0.29) is 18.2 Å². The van der Waals surface area contributed by atoms with Crippen LogP contribution in [0.2, 0.25) is 0 Å². The van der Waals surface area contributed by atoms with E-state index in [1.807, 2.05) is 20.8 Å². The van der Waals surface area contributed by atoms with Crippen molar-refractivity contribution in [1.29, 1.82) is 0 Å². The van der Waals surface area contributed by atoms with Crippen LogP contribution in [0.3, 0.4) is 0 Å². The van der Waals surface area contributed by atoms with Gasteiger partial charge in [-0.15, -0.1) is 0 Å². The Morgan fingerprint density at radius 1 is 1.36 bits per heavy atom. The SMILES string of the molecule is CC(C)(C)OC(=O)CSCCCCO. The number of rotatable bonds is 6. The van der Waals surface area contributed by atoms with Crippen LogP contribution >= 0.6 is 11.8 Å². The third-order valence-electron chi connectivity index (χ3n) is 1.34. The van der Waals surface area contributed by atoms with Crippen LogP contribution in [-0.4, -0.2) is 34.8 Å². The molecule has 4 heteroatoms. The maximum Gasteiger partial charge on any atom is 0.316 e. The Balaban J connectivity index is 3.36. The van der Waals surface area contributed by atoms with Gasteiger partial charge in [0.05, 0.1) is 5.75 Å². The zero-order valence-electron chi connectivity index (χ0n) is 9.21. The van der Waals surface area contributed by atoms with E-state index in [0.717, 1.165) is 18.6 Å². The van der Waals surface area contributed by atoms with E-state index in [4.69, 9.17) is 9.84 Å². The number of aliphatic hydroxyl groups is 1. The Morgan fingerprint density at radius 2 is 2.00 bits per heavy atom. The summed E-state index contributed by atoms with van der Waals surface area (Å²) < 4.78 is 5.14. The molecule has 3 nitrogen and oxygen atoms in total. The zero-order chi connectivity index (χ0) is 11.0. The van der Waals surface area contributed by atoms with Gasteiger partial charge >= 0.3 is 5.97 Å². The first-order valence-electron chi connectivity index (χ1n) is 4.86. The van der Waals surface area contributed by atoms with E-state index in [0.29, 0.717) is 5.75 Å². The number of unbranched alkanes of at least 4 members (excludes halogenated alkanes) is 1. The molecule has 0 bridgehead atoms. The monoisotopic (exact) mass is 220 g/mol. The molecule has 0 unspecified atom stereocenters. The molecule has 84 valence electrons. The van der Waals surface area contributed by atoms with E-state index in [1.165, 1.54) is 0 Å². The van der Waals surface area contributed by atoms with Crippen molar-refractivity contribution in [2.75, 3.05) is 18.1 Å². The van der Waals surface area contributed by atoms with Gasteiger partial charge in [-0.25, -0.2) is 0 Å². The number of esters is 1. The summed E-state index contributed by atoms with van der Waals surface area (Å²) in [4.78, 5) is 11.2. The predicted molar refractivity (Wildman–Crippen MR) is 59.5 cm³/mol. The van der Waals surface area contributed by atoms with Gasteiger partial charge in [0.2, 0.25) is 0 Å². The Kier molecular flexibility index (Phi) is 7.01. The van der Waals surface area contributed by atoms with E-state index in [9.17, 15) is 4.79 Å². The largest absolute Gasteiger partial charge is 0.459 e. The molecule has 0 aromatic heterocycles. The van der Waals surface area contributed by atoms with Crippen molar-refractivity contribution in [2.45, 2.75) is 39.2 Å². The lowest BCUT2D eigenvalue weighted by atomic mass is 10.2. The van der Waals surface area contributed by atoms with Crippen molar-refractivity contribution in [3.63, 3.8) is 0 Å². The first-order valence-corrected chi connectivity index (χ1v) is 6.01. The topological polar surface area (TPSA) is 46.5 Å². The molecule has 0 fully saturated rings. The standard InChI is InChI=1S/C10H20O3S/c1-10(2,3)13-9(12)8-14-7-5-4-6-11/h11H,4-8H2,1-3H3. The minimum atomic E-state index is -0.386. The highest BCUT2D eigenvalue weighted by atomic mass is 32.2. The molecule has 0 radical (unpaired) electrons. The number of carbonyl (C=O) groups excluding carboxylic acids is 1. The summed E-state index contributed by atoms with van der Waals surface area (Å²) in [6.07, 6.45) is 1.76. The fraction of sp³-hybridized carbons (Fsp3) is 0.900. The van der Waals surface area contributed by atoms with Gasteiger partial charge in [-0.05, 0) is 39.4 Å². The molecule has 14 heavy (non-hydrogen) atoms. The molecular formula is C10H20O3S. The van der Waals surface area contributed by atoms with Crippen molar-refractivity contribution < 1.29 is 14.6 Å². The molecule has 0 atom stereocenters. The first-order chi connectivity index (χ1) is 6.45. The maximum atomic E-state index is 11.2. The van der Waals surface area contributed by atoms with Crippen LogP contribution in [0.25, 0.3) is 0 Å². The molecule has 0 spiro atoms. The molecule has 0 aliphatic heterocycles. The lowest BCUT2D eigenvalue weighted by Crippen LogP contribution is -2.25. The van der Waals surface area contributed by atoms with Crippen molar-refractivity contribution in [2.24, 2.45) is 0 Å². The summed E-state index contributed by atoms with van der Waals surface area (Å²) >= 11 is 1.56. The van der Waals surface area contributed by atoms with Crippen molar-refractivity contribution >= 4 is 17.7 Å². The van der Waals surface area contributed by atoms with Crippen LogP contribution in [0.5, 0.6) is 0 Å². The minimum Gasteiger partial charge on any atom is -0.459 e. The average Bonchev–Trinajstić information content (AvgIpc) is 2.00. The van der Waals surface area contributed by atoms with Gasteiger partial charge in [-0.2, -0.15) is 11.8 Å².